The van der Waals surface area contributed by atoms with Crippen LogP contribution in [0.25, 0.3) is 0 Å². The number of benzene rings is 1. The van der Waals surface area contributed by atoms with E-state index in [-0.39, 0.29) is 21.9 Å². The predicted molar refractivity (Wildman–Crippen MR) is 115 cm³/mol. The largest absolute Gasteiger partial charge is 0.465 e. The quantitative estimate of drug-likeness (QED) is 0.675. The van der Waals surface area contributed by atoms with Gasteiger partial charge in [-0.1, -0.05) is 52.0 Å². The van der Waals surface area contributed by atoms with E-state index < -0.39 is 16.0 Å². The smallest absolute Gasteiger partial charge is 0.342 e. The minimum atomic E-state index is -3.88. The molecular weight excluding hydrogens is 402 g/mol. The first kappa shape index (κ1) is 22.5. The van der Waals surface area contributed by atoms with Crippen LogP contribution in [0.2, 0.25) is 0 Å². The molecule has 0 amide bonds. The molecule has 0 bridgehead atoms. The van der Waals surface area contributed by atoms with Gasteiger partial charge in [0.15, 0.2) is 0 Å². The van der Waals surface area contributed by atoms with Crippen molar-refractivity contribution in [1.82, 2.24) is 14.1 Å². The first-order chi connectivity index (χ1) is 14.0. The van der Waals surface area contributed by atoms with E-state index in [1.54, 1.807) is 0 Å². The second-order valence-electron chi connectivity index (χ2n) is 9.09. The third-order valence-electron chi connectivity index (χ3n) is 5.50. The molecule has 0 N–H and O–H groups in total. The fourth-order valence-corrected chi connectivity index (χ4v) is 5.40. The molecule has 1 aliphatic rings. The molecule has 3 rings (SSSR count). The van der Waals surface area contributed by atoms with Gasteiger partial charge in [-0.15, -0.1) is 0 Å². The standard InChI is InChI=1S/C22H31N3O4S/c1-16-7-6-12-25(13-16)30(27,28)20-19(21(26)29-5)15-24(23-20)14-17-8-10-18(11-9-17)22(2,3)4/h8-11,15-16H,6-7,12-14H2,1-5H3/t16-/m0/s1. The van der Waals surface area contributed by atoms with Crippen LogP contribution >= 0.6 is 0 Å². The lowest BCUT2D eigenvalue weighted by atomic mass is 9.87. The van der Waals surface area contributed by atoms with E-state index in [1.807, 2.05) is 19.1 Å². The lowest BCUT2D eigenvalue weighted by Gasteiger charge is -2.29. The van der Waals surface area contributed by atoms with Gasteiger partial charge in [0, 0.05) is 19.3 Å². The van der Waals surface area contributed by atoms with Gasteiger partial charge in [-0.25, -0.2) is 13.2 Å². The molecule has 2 heterocycles. The molecule has 1 saturated heterocycles. The zero-order valence-electron chi connectivity index (χ0n) is 18.4. The normalized spacial score (nSPS) is 18.4. The highest BCUT2D eigenvalue weighted by molar-refractivity contribution is 7.89. The summed E-state index contributed by atoms with van der Waals surface area (Å²) in [6, 6.07) is 8.13. The Labute approximate surface area is 179 Å². The van der Waals surface area contributed by atoms with Gasteiger partial charge < -0.3 is 4.74 Å². The number of carbonyl (C=O) groups excluding carboxylic acids is 1. The minimum Gasteiger partial charge on any atom is -0.465 e. The van der Waals surface area contributed by atoms with Gasteiger partial charge in [-0.3, -0.25) is 4.68 Å². The lowest BCUT2D eigenvalue weighted by molar-refractivity contribution is 0.0596. The summed E-state index contributed by atoms with van der Waals surface area (Å²) in [6.07, 6.45) is 3.26. The third-order valence-corrected chi connectivity index (χ3v) is 7.30. The van der Waals surface area contributed by atoms with E-state index >= 15 is 0 Å². The number of ether oxygens (including phenoxy) is 1. The zero-order chi connectivity index (χ0) is 22.1. The average Bonchev–Trinajstić information content (AvgIpc) is 3.12. The number of esters is 1. The highest BCUT2D eigenvalue weighted by Gasteiger charge is 2.35. The van der Waals surface area contributed by atoms with E-state index in [2.05, 4.69) is 38.0 Å². The van der Waals surface area contributed by atoms with Crippen molar-refractivity contribution in [2.24, 2.45) is 5.92 Å². The van der Waals surface area contributed by atoms with Crippen molar-refractivity contribution in [3.63, 3.8) is 0 Å². The highest BCUT2D eigenvalue weighted by Crippen LogP contribution is 2.26. The zero-order valence-corrected chi connectivity index (χ0v) is 19.2. The van der Waals surface area contributed by atoms with Crippen LogP contribution in [0.15, 0.2) is 35.5 Å². The maximum atomic E-state index is 13.2. The number of piperidine rings is 1. The van der Waals surface area contributed by atoms with Gasteiger partial charge >= 0.3 is 5.97 Å². The second-order valence-corrected chi connectivity index (χ2v) is 10.9. The van der Waals surface area contributed by atoms with Gasteiger partial charge in [-0.05, 0) is 35.3 Å². The Hall–Kier alpha value is -2.19. The summed E-state index contributed by atoms with van der Waals surface area (Å²) < 4.78 is 34.2. The van der Waals surface area contributed by atoms with Crippen LogP contribution in [0.4, 0.5) is 0 Å². The van der Waals surface area contributed by atoms with Gasteiger partial charge in [0.1, 0.15) is 5.56 Å². The summed E-state index contributed by atoms with van der Waals surface area (Å²) in [7, 11) is -2.64. The maximum Gasteiger partial charge on any atom is 0.342 e. The molecule has 0 radical (unpaired) electrons. The second kappa shape index (κ2) is 8.51. The van der Waals surface area contributed by atoms with E-state index in [9.17, 15) is 13.2 Å². The summed E-state index contributed by atoms with van der Waals surface area (Å²) in [5.41, 5.74) is 2.21. The van der Waals surface area contributed by atoms with E-state index in [1.165, 1.54) is 27.9 Å². The predicted octanol–water partition coefficient (Wildman–Crippen LogP) is 3.44. The molecule has 30 heavy (non-hydrogen) atoms. The summed E-state index contributed by atoms with van der Waals surface area (Å²) in [6.45, 7) is 9.71. The van der Waals surface area contributed by atoms with Crippen LogP contribution in [0, 0.1) is 5.92 Å². The van der Waals surface area contributed by atoms with Crippen molar-refractivity contribution in [2.75, 3.05) is 20.2 Å². The number of sulfonamides is 1. The van der Waals surface area contributed by atoms with E-state index in [0.29, 0.717) is 19.6 Å². The van der Waals surface area contributed by atoms with E-state index in [4.69, 9.17) is 4.74 Å². The molecule has 1 atom stereocenters. The Bertz CT molecular complexity index is 1000. The van der Waals surface area contributed by atoms with Gasteiger partial charge in [0.2, 0.25) is 5.03 Å². The number of carbonyl (C=O) groups is 1. The summed E-state index contributed by atoms with van der Waals surface area (Å²) in [4.78, 5) is 12.3. The average molecular weight is 434 g/mol. The van der Waals surface area contributed by atoms with Crippen molar-refractivity contribution in [2.45, 2.75) is 57.5 Å². The van der Waals surface area contributed by atoms with Crippen molar-refractivity contribution in [1.29, 1.82) is 0 Å². The molecule has 1 aliphatic heterocycles. The molecule has 0 saturated carbocycles. The third kappa shape index (κ3) is 4.75. The first-order valence-electron chi connectivity index (χ1n) is 10.3. The SMILES string of the molecule is COC(=O)c1cn(Cc2ccc(C(C)(C)C)cc2)nc1S(=O)(=O)N1CCC[C@H](C)C1. The van der Waals surface area contributed by atoms with Crippen molar-refractivity contribution < 1.29 is 17.9 Å². The molecule has 1 fully saturated rings. The maximum absolute atomic E-state index is 13.2. The van der Waals surface area contributed by atoms with Gasteiger partial charge in [0.05, 0.1) is 13.7 Å². The number of hydrogen-bond acceptors (Lipinski definition) is 5. The molecule has 2 aromatic rings. The van der Waals surface area contributed by atoms with Crippen LogP contribution in [0.3, 0.4) is 0 Å². The Morgan fingerprint density at radius 1 is 1.23 bits per heavy atom. The summed E-state index contributed by atoms with van der Waals surface area (Å²) in [5.74, 6) is -0.425. The summed E-state index contributed by atoms with van der Waals surface area (Å²) >= 11 is 0. The minimum absolute atomic E-state index is 0.0259. The van der Waals surface area contributed by atoms with Crippen molar-refractivity contribution in [3.8, 4) is 0 Å². The van der Waals surface area contributed by atoms with Crippen LogP contribution in [-0.4, -0.2) is 48.7 Å². The van der Waals surface area contributed by atoms with Gasteiger partial charge in [0.25, 0.3) is 10.0 Å². The van der Waals surface area contributed by atoms with Crippen molar-refractivity contribution >= 4 is 16.0 Å². The molecular formula is C22H31N3O4S. The summed E-state index contributed by atoms with van der Waals surface area (Å²) in [5, 5.41) is 4.08. The monoisotopic (exact) mass is 433 g/mol. The van der Waals surface area contributed by atoms with Gasteiger partial charge in [-0.2, -0.15) is 9.40 Å². The molecule has 0 aliphatic carbocycles. The Kier molecular flexibility index (Phi) is 6.38. The fourth-order valence-electron chi connectivity index (χ4n) is 3.71. The van der Waals surface area contributed by atoms with Crippen LogP contribution in [0.5, 0.6) is 0 Å². The highest BCUT2D eigenvalue weighted by atomic mass is 32.2. The molecule has 7 nitrogen and oxygen atoms in total. The number of aromatic nitrogens is 2. The Morgan fingerprint density at radius 3 is 2.47 bits per heavy atom. The molecule has 1 aromatic heterocycles. The molecule has 0 unspecified atom stereocenters. The van der Waals surface area contributed by atoms with E-state index in [0.717, 1.165) is 18.4 Å². The number of rotatable bonds is 5. The van der Waals surface area contributed by atoms with Crippen LogP contribution < -0.4 is 0 Å². The molecule has 1 aromatic carbocycles. The topological polar surface area (TPSA) is 81.5 Å². The van der Waals surface area contributed by atoms with Crippen LogP contribution in [-0.2, 0) is 26.7 Å². The number of methoxy groups -OCH3 is 1. The lowest BCUT2D eigenvalue weighted by Crippen LogP contribution is -2.39. The Balaban J connectivity index is 1.92. The van der Waals surface area contributed by atoms with Crippen LogP contribution in [0.1, 0.15) is 62.0 Å². The molecule has 8 heteroatoms. The number of nitrogens with zero attached hydrogens (tertiary/aromatic N) is 3. The first-order valence-corrected chi connectivity index (χ1v) is 11.7. The fraction of sp³-hybridized carbons (Fsp3) is 0.545. The molecule has 164 valence electrons. The molecule has 0 spiro atoms. The van der Waals surface area contributed by atoms with Crippen molar-refractivity contribution in [3.05, 3.63) is 47.2 Å². The number of hydrogen-bond donors (Lipinski definition) is 0. The Morgan fingerprint density at radius 2 is 1.90 bits per heavy atom.